The molecular formula is C13H12N2O. The maximum Gasteiger partial charge on any atom is 0.271 e. The van der Waals surface area contributed by atoms with Gasteiger partial charge in [-0.15, -0.1) is 0 Å². The number of rotatable bonds is 0. The molecule has 0 aliphatic heterocycles. The summed E-state index contributed by atoms with van der Waals surface area (Å²) in [6.07, 6.45) is 1.85. The normalized spacial score (nSPS) is 13.0. The third-order valence-corrected chi connectivity index (χ3v) is 3.10. The molecule has 3 N–H and O–H groups in total. The van der Waals surface area contributed by atoms with Gasteiger partial charge in [0, 0.05) is 11.3 Å². The van der Waals surface area contributed by atoms with Crippen molar-refractivity contribution in [3.05, 3.63) is 51.9 Å². The van der Waals surface area contributed by atoms with Crippen LogP contribution < -0.4 is 11.3 Å². The number of nitrogens with one attached hydrogen (secondary N) is 1. The van der Waals surface area contributed by atoms with Gasteiger partial charge in [-0.25, -0.2) is 0 Å². The van der Waals surface area contributed by atoms with E-state index in [0.717, 1.165) is 24.1 Å². The maximum atomic E-state index is 11.4. The largest absolute Gasteiger partial charge is 0.394 e. The van der Waals surface area contributed by atoms with E-state index >= 15 is 0 Å². The molecular weight excluding hydrogens is 200 g/mol. The Morgan fingerprint density at radius 3 is 2.81 bits per heavy atom. The van der Waals surface area contributed by atoms with Crippen LogP contribution in [0, 0.1) is 0 Å². The van der Waals surface area contributed by atoms with Crippen molar-refractivity contribution in [1.29, 1.82) is 0 Å². The third-order valence-electron chi connectivity index (χ3n) is 3.10. The van der Waals surface area contributed by atoms with Gasteiger partial charge in [-0.1, -0.05) is 24.3 Å². The molecule has 3 rings (SSSR count). The van der Waals surface area contributed by atoms with Crippen molar-refractivity contribution in [3.63, 3.8) is 0 Å². The number of aromatic nitrogens is 1. The zero-order valence-corrected chi connectivity index (χ0v) is 8.79. The zero-order chi connectivity index (χ0) is 11.1. The van der Waals surface area contributed by atoms with Crippen molar-refractivity contribution in [2.24, 2.45) is 0 Å². The van der Waals surface area contributed by atoms with Crippen LogP contribution in [-0.4, -0.2) is 4.98 Å². The van der Waals surface area contributed by atoms with Crippen LogP contribution in [0.4, 0.5) is 5.69 Å². The average Bonchev–Trinajstić information content (AvgIpc) is 2.31. The summed E-state index contributed by atoms with van der Waals surface area (Å²) in [5.41, 5.74) is 10.3. The summed E-state index contributed by atoms with van der Waals surface area (Å²) in [6, 6.07) is 10.0. The summed E-state index contributed by atoms with van der Waals surface area (Å²) in [7, 11) is 0. The molecule has 0 bridgehead atoms. The van der Waals surface area contributed by atoms with Gasteiger partial charge in [0.05, 0.1) is 5.69 Å². The van der Waals surface area contributed by atoms with Gasteiger partial charge in [-0.3, -0.25) is 4.79 Å². The minimum Gasteiger partial charge on any atom is -0.394 e. The summed E-state index contributed by atoms with van der Waals surface area (Å²) in [4.78, 5) is 14.3. The molecule has 80 valence electrons. The summed E-state index contributed by atoms with van der Waals surface area (Å²) >= 11 is 0. The number of nitrogen functional groups attached to an aromatic ring is 1. The molecule has 0 atom stereocenters. The minimum atomic E-state index is -0.182. The highest BCUT2D eigenvalue weighted by molar-refractivity contribution is 5.74. The Labute approximate surface area is 92.9 Å². The predicted molar refractivity (Wildman–Crippen MR) is 64.3 cm³/mol. The summed E-state index contributed by atoms with van der Waals surface area (Å²) in [6.45, 7) is 0. The van der Waals surface area contributed by atoms with Crippen LogP contribution in [0.5, 0.6) is 0 Å². The highest BCUT2D eigenvalue weighted by Gasteiger charge is 2.16. The van der Waals surface area contributed by atoms with E-state index in [9.17, 15) is 4.79 Å². The van der Waals surface area contributed by atoms with E-state index in [1.807, 2.05) is 12.1 Å². The quantitative estimate of drug-likeness (QED) is 0.698. The number of fused-ring (bicyclic) bond motifs is 3. The second kappa shape index (κ2) is 3.23. The molecule has 1 aromatic heterocycles. The zero-order valence-electron chi connectivity index (χ0n) is 8.79. The Morgan fingerprint density at radius 2 is 1.94 bits per heavy atom. The molecule has 0 saturated heterocycles. The van der Waals surface area contributed by atoms with Gasteiger partial charge < -0.3 is 10.7 Å². The van der Waals surface area contributed by atoms with Crippen LogP contribution in [-0.2, 0) is 12.8 Å². The summed E-state index contributed by atoms with van der Waals surface area (Å²) in [5, 5.41) is 0. The van der Waals surface area contributed by atoms with Gasteiger partial charge in [-0.05, 0) is 30.0 Å². The Hall–Kier alpha value is -2.03. The summed E-state index contributed by atoms with van der Waals surface area (Å²) < 4.78 is 0. The van der Waals surface area contributed by atoms with Gasteiger partial charge in [-0.2, -0.15) is 0 Å². The first-order chi connectivity index (χ1) is 7.75. The standard InChI is InChI=1S/C13H12N2O/c14-11-7-10-9-4-2-1-3-8(9)5-6-12(10)15-13(11)16/h1-4,7H,5-6,14H2,(H,15,16). The molecule has 2 aromatic rings. The van der Waals surface area contributed by atoms with Gasteiger partial charge in [0.15, 0.2) is 0 Å². The minimum absolute atomic E-state index is 0.182. The van der Waals surface area contributed by atoms with E-state index in [-0.39, 0.29) is 11.2 Å². The lowest BCUT2D eigenvalue weighted by Gasteiger charge is -2.19. The first-order valence-corrected chi connectivity index (χ1v) is 5.35. The average molecular weight is 212 g/mol. The molecule has 1 aliphatic rings. The third kappa shape index (κ3) is 1.25. The topological polar surface area (TPSA) is 58.9 Å². The Kier molecular flexibility index (Phi) is 1.86. The Bertz CT molecular complexity index is 614. The number of aromatic amines is 1. The van der Waals surface area contributed by atoms with E-state index < -0.39 is 0 Å². The van der Waals surface area contributed by atoms with E-state index in [1.165, 1.54) is 11.1 Å². The van der Waals surface area contributed by atoms with E-state index in [0.29, 0.717) is 0 Å². The van der Waals surface area contributed by atoms with Crippen molar-refractivity contribution < 1.29 is 0 Å². The SMILES string of the molecule is Nc1cc2c([nH]c1=O)CCc1ccccc1-2. The first kappa shape index (κ1) is 9.21. The fourth-order valence-corrected chi connectivity index (χ4v) is 2.28. The van der Waals surface area contributed by atoms with Crippen molar-refractivity contribution in [2.75, 3.05) is 5.73 Å². The molecule has 3 heteroatoms. The molecule has 0 unspecified atom stereocenters. The smallest absolute Gasteiger partial charge is 0.271 e. The highest BCUT2D eigenvalue weighted by atomic mass is 16.1. The Morgan fingerprint density at radius 1 is 1.12 bits per heavy atom. The lowest BCUT2D eigenvalue weighted by molar-refractivity contribution is 0.888. The van der Waals surface area contributed by atoms with E-state index in [2.05, 4.69) is 17.1 Å². The number of hydrogen-bond donors (Lipinski definition) is 2. The van der Waals surface area contributed by atoms with Gasteiger partial charge in [0.25, 0.3) is 5.56 Å². The number of nitrogens with two attached hydrogens (primary N) is 1. The predicted octanol–water partition coefficient (Wildman–Crippen LogP) is 1.72. The number of hydrogen-bond acceptors (Lipinski definition) is 2. The molecule has 1 aliphatic carbocycles. The number of benzene rings is 1. The molecule has 0 spiro atoms. The van der Waals surface area contributed by atoms with E-state index in [4.69, 9.17) is 5.73 Å². The number of aryl methyl sites for hydroxylation is 2. The number of pyridine rings is 1. The monoisotopic (exact) mass is 212 g/mol. The molecule has 16 heavy (non-hydrogen) atoms. The number of H-pyrrole nitrogens is 1. The highest BCUT2D eigenvalue weighted by Crippen LogP contribution is 2.32. The van der Waals surface area contributed by atoms with Crippen molar-refractivity contribution in [2.45, 2.75) is 12.8 Å². The van der Waals surface area contributed by atoms with Crippen LogP contribution in [0.15, 0.2) is 35.1 Å². The van der Waals surface area contributed by atoms with Gasteiger partial charge in [0.1, 0.15) is 0 Å². The van der Waals surface area contributed by atoms with E-state index in [1.54, 1.807) is 6.07 Å². The molecule has 0 amide bonds. The molecule has 1 heterocycles. The Balaban J connectivity index is 2.32. The van der Waals surface area contributed by atoms with Gasteiger partial charge in [0.2, 0.25) is 0 Å². The van der Waals surface area contributed by atoms with Crippen LogP contribution in [0.2, 0.25) is 0 Å². The van der Waals surface area contributed by atoms with Crippen molar-refractivity contribution >= 4 is 5.69 Å². The maximum absolute atomic E-state index is 11.4. The number of anilines is 1. The van der Waals surface area contributed by atoms with Crippen molar-refractivity contribution in [3.8, 4) is 11.1 Å². The summed E-state index contributed by atoms with van der Waals surface area (Å²) in [5.74, 6) is 0. The second-order valence-electron chi connectivity index (χ2n) is 4.10. The molecule has 1 aromatic carbocycles. The van der Waals surface area contributed by atoms with Crippen LogP contribution in [0.25, 0.3) is 11.1 Å². The molecule has 0 saturated carbocycles. The molecule has 0 radical (unpaired) electrons. The van der Waals surface area contributed by atoms with Gasteiger partial charge >= 0.3 is 0 Å². The fraction of sp³-hybridized carbons (Fsp3) is 0.154. The van der Waals surface area contributed by atoms with Crippen LogP contribution >= 0.6 is 0 Å². The molecule has 0 fully saturated rings. The van der Waals surface area contributed by atoms with Crippen LogP contribution in [0.1, 0.15) is 11.3 Å². The van der Waals surface area contributed by atoms with Crippen molar-refractivity contribution in [1.82, 2.24) is 4.98 Å². The second-order valence-corrected chi connectivity index (χ2v) is 4.10. The first-order valence-electron chi connectivity index (χ1n) is 5.35. The molecule has 3 nitrogen and oxygen atoms in total. The lowest BCUT2D eigenvalue weighted by Crippen LogP contribution is -2.17. The lowest BCUT2D eigenvalue weighted by atomic mass is 9.88. The van der Waals surface area contributed by atoms with Crippen LogP contribution in [0.3, 0.4) is 0 Å². The fourth-order valence-electron chi connectivity index (χ4n) is 2.28.